The third-order valence-electron chi connectivity index (χ3n) is 0. The lowest BCUT2D eigenvalue weighted by molar-refractivity contribution is -1.73. The maximum absolute atomic E-state index is 8.41. The van der Waals surface area contributed by atoms with Gasteiger partial charge in [-0.05, 0) is 0 Å². The van der Waals surface area contributed by atoms with Crippen LogP contribution in [-0.4, -0.2) is 0 Å². The standard InChI is InChI=1S/ClO3.HI.2H3N/c2-1(3)4;;;/h;1H;2*1H3/q-1;;;/p+1. The smallest absolute Gasteiger partial charge is 0.0695 e. The van der Waals surface area contributed by atoms with E-state index in [2.05, 4.69) is 0 Å². The van der Waals surface area contributed by atoms with Gasteiger partial charge in [0.05, 0.1) is 10.8 Å². The molecule has 0 bridgehead atoms. The van der Waals surface area contributed by atoms with Gasteiger partial charge in [0, 0.05) is 0 Å². The molecule has 0 aromatic heterocycles. The summed E-state index contributed by atoms with van der Waals surface area (Å²) in [6.45, 7) is 0. The van der Waals surface area contributed by atoms with Gasteiger partial charge in [-0.15, -0.1) is 0 Å². The molecular weight excluding hydrogens is 238 g/mol. The summed E-state index contributed by atoms with van der Waals surface area (Å²) in [7, 11) is -2.85. The van der Waals surface area contributed by atoms with E-state index in [9.17, 15) is 0 Å². The highest BCUT2D eigenvalue weighted by molar-refractivity contribution is 2.14. The molecule has 0 heterocycles. The van der Waals surface area contributed by atoms with Crippen LogP contribution in [0.5, 0.6) is 0 Å². The van der Waals surface area contributed by atoms with Crippen molar-refractivity contribution in [2.45, 2.75) is 0 Å². The Morgan fingerprint density at radius 3 is 0.857 bits per heavy atom. The minimum Gasteiger partial charge on any atom is -1.00 e. The lowest BCUT2D eigenvalue weighted by Crippen LogP contribution is -3.00. The van der Waals surface area contributed by atoms with Crippen LogP contribution in [-0.2, 0) is 0 Å². The summed E-state index contributed by atoms with van der Waals surface area (Å²) in [5.74, 6) is 0. The Morgan fingerprint density at radius 2 is 0.857 bits per heavy atom. The average molecular weight is 246 g/mol. The van der Waals surface area contributed by atoms with E-state index in [4.69, 9.17) is 14.0 Å². The molecule has 7 heavy (non-hydrogen) atoms. The monoisotopic (exact) mass is 246 g/mol. The van der Waals surface area contributed by atoms with E-state index in [1.165, 1.54) is 0 Å². The second kappa shape index (κ2) is 15.8. The highest BCUT2D eigenvalue weighted by Gasteiger charge is 1.60. The minimum absolute atomic E-state index is 0. The molecule has 5 nitrogen and oxygen atoms in total. The Morgan fingerprint density at radius 1 is 0.857 bits per heavy atom. The quantitative estimate of drug-likeness (QED) is 0.411. The zero-order chi connectivity index (χ0) is 3.58. The molecule has 0 spiro atoms. The van der Waals surface area contributed by atoms with Crippen molar-refractivity contribution in [1.29, 1.82) is 0 Å². The highest BCUT2D eigenvalue weighted by atomic mass is 127. The molecule has 0 aliphatic heterocycles. The molecule has 0 aromatic rings. The van der Waals surface area contributed by atoms with Crippen molar-refractivity contribution in [3.05, 3.63) is 0 Å². The Labute approximate surface area is 61.3 Å². The molecular formula is H8ClIN2O3. The van der Waals surface area contributed by atoms with Crippen LogP contribution in [0.25, 0.3) is 0 Å². The summed E-state index contributed by atoms with van der Waals surface area (Å²) in [5, 5.41) is 0. The molecule has 0 atom stereocenters. The molecule has 0 saturated heterocycles. The minimum atomic E-state index is -2.85. The third-order valence-corrected chi connectivity index (χ3v) is 0. The number of quaternary nitrogens is 2. The van der Waals surface area contributed by atoms with Crippen LogP contribution in [0.1, 0.15) is 0 Å². The Hall–Kier alpha value is 0.820. The maximum Gasteiger partial charge on any atom is 0.0695 e. The van der Waals surface area contributed by atoms with E-state index < -0.39 is 10.8 Å². The van der Waals surface area contributed by atoms with Gasteiger partial charge >= 0.3 is 0 Å². The van der Waals surface area contributed by atoms with Crippen molar-refractivity contribution >= 4 is 0 Å². The van der Waals surface area contributed by atoms with Gasteiger partial charge in [0.15, 0.2) is 0 Å². The molecule has 0 unspecified atom stereocenters. The van der Waals surface area contributed by atoms with Crippen LogP contribution in [0.15, 0.2) is 0 Å². The Bertz CT molecular complexity index is 17.7. The first kappa shape index (κ1) is 24.9. The fourth-order valence-electron chi connectivity index (χ4n) is 0. The molecule has 50 valence electrons. The van der Waals surface area contributed by atoms with Gasteiger partial charge in [0.25, 0.3) is 0 Å². The number of hydrogen-bond acceptors (Lipinski definition) is 3. The molecule has 0 rings (SSSR count). The van der Waals surface area contributed by atoms with Crippen molar-refractivity contribution in [3.8, 4) is 0 Å². The fraction of sp³-hybridized carbons (Fsp3) is 0. The SMILES string of the molecule is [I-].[NH4+].[NH4+].[O-][Cl+2]([O-])[O-]. The Kier molecular flexibility index (Phi) is 56.4. The van der Waals surface area contributed by atoms with E-state index in [1.54, 1.807) is 0 Å². The van der Waals surface area contributed by atoms with Crippen molar-refractivity contribution in [1.82, 2.24) is 12.3 Å². The predicted molar refractivity (Wildman–Crippen MR) is 12.0 cm³/mol. The van der Waals surface area contributed by atoms with E-state index >= 15 is 0 Å². The molecule has 0 saturated carbocycles. The topological polar surface area (TPSA) is 142 Å². The van der Waals surface area contributed by atoms with E-state index in [1.807, 2.05) is 0 Å². The number of halogens is 2. The van der Waals surface area contributed by atoms with Crippen molar-refractivity contribution in [3.63, 3.8) is 0 Å². The second-order valence-electron chi connectivity index (χ2n) is 0.189. The first-order chi connectivity index (χ1) is 1.73. The maximum atomic E-state index is 8.41. The van der Waals surface area contributed by atoms with Crippen LogP contribution >= 0.6 is 0 Å². The van der Waals surface area contributed by atoms with E-state index in [0.29, 0.717) is 0 Å². The fourth-order valence-corrected chi connectivity index (χ4v) is 0. The van der Waals surface area contributed by atoms with Crippen LogP contribution in [0.3, 0.4) is 0 Å². The van der Waals surface area contributed by atoms with E-state index in [-0.39, 0.29) is 36.3 Å². The molecule has 0 aromatic carbocycles. The Balaban J connectivity index is -0.0000000150. The molecule has 0 radical (unpaired) electrons. The van der Waals surface area contributed by atoms with Crippen LogP contribution in [0.4, 0.5) is 0 Å². The van der Waals surface area contributed by atoms with Gasteiger partial charge in [-0.1, -0.05) is 0 Å². The second-order valence-corrected chi connectivity index (χ2v) is 0.567. The summed E-state index contributed by atoms with van der Waals surface area (Å²) in [6, 6.07) is 0. The molecule has 0 aliphatic rings. The average Bonchev–Trinajstić information content (AvgIpc) is 0.811. The van der Waals surface area contributed by atoms with Crippen LogP contribution in [0.2, 0.25) is 0 Å². The van der Waals surface area contributed by atoms with Gasteiger partial charge < -0.3 is 50.3 Å². The highest BCUT2D eigenvalue weighted by Crippen LogP contribution is 1.24. The predicted octanol–water partition coefficient (Wildman–Crippen LogP) is -5.81. The molecule has 8 N–H and O–H groups in total. The van der Waals surface area contributed by atoms with E-state index in [0.717, 1.165) is 0 Å². The molecule has 0 aliphatic carbocycles. The molecule has 0 amide bonds. The first-order valence-corrected chi connectivity index (χ1v) is 1.39. The zero-order valence-electron chi connectivity index (χ0n) is 3.98. The summed E-state index contributed by atoms with van der Waals surface area (Å²) >= 11 is 0. The molecule has 7 heteroatoms. The zero-order valence-corrected chi connectivity index (χ0v) is 6.89. The summed E-state index contributed by atoms with van der Waals surface area (Å²) in [6.07, 6.45) is 0. The number of rotatable bonds is 0. The van der Waals surface area contributed by atoms with Gasteiger partial charge in [0.1, 0.15) is 0 Å². The van der Waals surface area contributed by atoms with Gasteiger partial charge in [0.2, 0.25) is 0 Å². The van der Waals surface area contributed by atoms with Gasteiger partial charge in [-0.25, -0.2) is 0 Å². The van der Waals surface area contributed by atoms with Crippen LogP contribution in [0, 0.1) is 10.8 Å². The van der Waals surface area contributed by atoms with Gasteiger partial charge in [-0.3, -0.25) is 0 Å². The lowest BCUT2D eigenvalue weighted by Gasteiger charge is -1.89. The lowest BCUT2D eigenvalue weighted by atomic mass is 14.0. The van der Waals surface area contributed by atoms with Crippen molar-refractivity contribution in [2.75, 3.05) is 0 Å². The largest absolute Gasteiger partial charge is 1.00 e. The summed E-state index contributed by atoms with van der Waals surface area (Å²) in [4.78, 5) is 0. The summed E-state index contributed by atoms with van der Waals surface area (Å²) in [5.41, 5.74) is 0. The van der Waals surface area contributed by atoms with Crippen LogP contribution < -0.4 is 50.3 Å². The van der Waals surface area contributed by atoms with Gasteiger partial charge in [-0.2, -0.15) is 0 Å². The normalized spacial score (nSPS) is 5.14. The van der Waals surface area contributed by atoms with Crippen molar-refractivity contribution in [2.24, 2.45) is 0 Å². The third kappa shape index (κ3) is 236. The van der Waals surface area contributed by atoms with Crippen molar-refractivity contribution < 1.29 is 48.7 Å². The summed E-state index contributed by atoms with van der Waals surface area (Å²) < 4.78 is 25.2. The first-order valence-electron chi connectivity index (χ1n) is 0.463. The number of hydrogen-bond donors (Lipinski definition) is 2. The molecule has 0 fully saturated rings.